The molecule has 0 bridgehead atoms. The number of hydrogen-bond acceptors (Lipinski definition) is 5. The Morgan fingerprint density at radius 1 is 1.21 bits per heavy atom. The summed E-state index contributed by atoms with van der Waals surface area (Å²) in [6.45, 7) is 1.94. The Hall–Kier alpha value is -2.70. The predicted molar refractivity (Wildman–Crippen MR) is 91.2 cm³/mol. The second-order valence-corrected chi connectivity index (χ2v) is 6.20. The number of pyridine rings is 2. The minimum atomic E-state index is -0.906. The number of nitrogens with two attached hydrogens (primary N) is 2. The Morgan fingerprint density at radius 2 is 2.00 bits per heavy atom. The van der Waals surface area contributed by atoms with Crippen LogP contribution < -0.4 is 16.2 Å². The Labute approximate surface area is 140 Å². The van der Waals surface area contributed by atoms with Crippen LogP contribution in [0.2, 0.25) is 0 Å². The summed E-state index contributed by atoms with van der Waals surface area (Å²) in [5, 5.41) is 0. The number of fused-ring (bicyclic) bond motifs is 1. The van der Waals surface area contributed by atoms with Crippen molar-refractivity contribution in [2.24, 2.45) is 18.5 Å². The quantitative estimate of drug-likeness (QED) is 0.749. The van der Waals surface area contributed by atoms with Crippen LogP contribution in [0, 0.1) is 6.92 Å². The third-order valence-corrected chi connectivity index (χ3v) is 4.52. The molecule has 0 aliphatic carbocycles. The number of ether oxygens (including phenoxy) is 1. The lowest BCUT2D eigenvalue weighted by Gasteiger charge is -2.26. The van der Waals surface area contributed by atoms with E-state index in [0.29, 0.717) is 5.75 Å². The van der Waals surface area contributed by atoms with Crippen LogP contribution >= 0.6 is 0 Å². The van der Waals surface area contributed by atoms with Crippen molar-refractivity contribution in [1.82, 2.24) is 14.5 Å². The topological polar surface area (TPSA) is 92.0 Å². The molecule has 0 aromatic carbocycles. The van der Waals surface area contributed by atoms with Gasteiger partial charge < -0.3 is 15.0 Å². The molecule has 2 unspecified atom stereocenters. The highest BCUT2D eigenvalue weighted by molar-refractivity contribution is 5.71. The monoisotopic (exact) mass is 321 g/mol. The van der Waals surface area contributed by atoms with Gasteiger partial charge in [0.2, 0.25) is 0 Å². The first-order valence-electron chi connectivity index (χ1n) is 7.76. The van der Waals surface area contributed by atoms with Gasteiger partial charge >= 0.3 is 0 Å². The molecule has 2 atom stereocenters. The lowest BCUT2D eigenvalue weighted by Crippen LogP contribution is -2.52. The molecule has 24 heavy (non-hydrogen) atoms. The van der Waals surface area contributed by atoms with Crippen LogP contribution in [0.4, 0.5) is 0 Å². The summed E-state index contributed by atoms with van der Waals surface area (Å²) in [5.74, 6) is 0.641. The molecular formula is C18H19N5O. The first-order valence-corrected chi connectivity index (χ1v) is 7.76. The molecule has 1 aliphatic rings. The lowest BCUT2D eigenvalue weighted by molar-refractivity contribution is 0.178. The van der Waals surface area contributed by atoms with Crippen molar-refractivity contribution in [3.63, 3.8) is 0 Å². The van der Waals surface area contributed by atoms with Crippen LogP contribution in [-0.2, 0) is 12.6 Å². The molecule has 1 aliphatic heterocycles. The molecule has 4 heterocycles. The second kappa shape index (κ2) is 5.15. The maximum absolute atomic E-state index is 6.72. The zero-order valence-corrected chi connectivity index (χ0v) is 13.6. The minimum absolute atomic E-state index is 0.641. The van der Waals surface area contributed by atoms with Gasteiger partial charge in [-0.1, -0.05) is 0 Å². The van der Waals surface area contributed by atoms with Gasteiger partial charge in [0.05, 0.1) is 0 Å². The molecule has 0 spiro atoms. The summed E-state index contributed by atoms with van der Waals surface area (Å²) in [4.78, 5) is 8.72. The van der Waals surface area contributed by atoms with Crippen LogP contribution in [-0.4, -0.2) is 20.8 Å². The Kier molecular flexibility index (Phi) is 3.19. The van der Waals surface area contributed by atoms with Crippen LogP contribution in [0.5, 0.6) is 5.75 Å². The molecule has 3 aromatic heterocycles. The fourth-order valence-corrected chi connectivity index (χ4v) is 3.23. The fraction of sp³-hybridized carbons (Fsp3) is 0.222. The van der Waals surface area contributed by atoms with Crippen molar-refractivity contribution in [2.75, 3.05) is 0 Å². The summed E-state index contributed by atoms with van der Waals surface area (Å²) in [6, 6.07) is 7.72. The van der Waals surface area contributed by atoms with Gasteiger partial charge in [-0.25, -0.2) is 0 Å². The van der Waals surface area contributed by atoms with Crippen molar-refractivity contribution >= 4 is 0 Å². The molecule has 0 saturated carbocycles. The molecule has 4 N–H and O–H groups in total. The van der Waals surface area contributed by atoms with Gasteiger partial charge in [0.15, 0.2) is 12.0 Å². The van der Waals surface area contributed by atoms with E-state index in [4.69, 9.17) is 16.2 Å². The molecule has 0 amide bonds. The van der Waals surface area contributed by atoms with E-state index in [-0.39, 0.29) is 0 Å². The summed E-state index contributed by atoms with van der Waals surface area (Å²) in [5.41, 5.74) is 16.4. The zero-order chi connectivity index (χ0) is 16.9. The maximum atomic E-state index is 6.72. The largest absolute Gasteiger partial charge is 0.470 e. The van der Waals surface area contributed by atoms with E-state index in [0.717, 1.165) is 28.1 Å². The van der Waals surface area contributed by atoms with Gasteiger partial charge in [0.1, 0.15) is 11.2 Å². The van der Waals surface area contributed by atoms with E-state index in [1.165, 1.54) is 0 Å². The number of rotatable bonds is 2. The maximum Gasteiger partial charge on any atom is 0.174 e. The average Bonchev–Trinajstić information content (AvgIpc) is 3.11. The van der Waals surface area contributed by atoms with Crippen molar-refractivity contribution in [2.45, 2.75) is 18.7 Å². The van der Waals surface area contributed by atoms with E-state index in [9.17, 15) is 0 Å². The van der Waals surface area contributed by atoms with Gasteiger partial charge in [-0.3, -0.25) is 15.7 Å². The second-order valence-electron chi connectivity index (χ2n) is 6.20. The summed E-state index contributed by atoms with van der Waals surface area (Å²) in [7, 11) is 1.95. The highest BCUT2D eigenvalue weighted by atomic mass is 16.5. The highest BCUT2D eigenvalue weighted by Crippen LogP contribution is 2.46. The van der Waals surface area contributed by atoms with E-state index in [1.54, 1.807) is 12.4 Å². The smallest absolute Gasteiger partial charge is 0.174 e. The Morgan fingerprint density at radius 3 is 2.71 bits per heavy atom. The van der Waals surface area contributed by atoms with Crippen LogP contribution in [0.15, 0.2) is 49.1 Å². The molecule has 6 nitrogen and oxygen atoms in total. The van der Waals surface area contributed by atoms with Crippen LogP contribution in [0.25, 0.3) is 11.3 Å². The van der Waals surface area contributed by atoms with E-state index < -0.39 is 11.8 Å². The lowest BCUT2D eigenvalue weighted by atomic mass is 9.85. The molecule has 122 valence electrons. The predicted octanol–water partition coefficient (Wildman–Crippen LogP) is 1.67. The normalized spacial score (nSPS) is 22.2. The SMILES string of the molecule is Cc1cc(-c2nccc3c2OC(N)C3(N)c2ccn(C)c2)ccn1. The van der Waals surface area contributed by atoms with E-state index in [2.05, 4.69) is 9.97 Å². The third kappa shape index (κ3) is 2.04. The molecular weight excluding hydrogens is 302 g/mol. The number of hydrogen-bond donors (Lipinski definition) is 2. The number of nitrogens with zero attached hydrogens (tertiary/aromatic N) is 3. The van der Waals surface area contributed by atoms with Gasteiger partial charge in [-0.2, -0.15) is 0 Å². The van der Waals surface area contributed by atoms with Crippen molar-refractivity contribution in [3.05, 3.63) is 65.9 Å². The molecule has 3 aromatic rings. The van der Waals surface area contributed by atoms with Gasteiger partial charge in [0.25, 0.3) is 0 Å². The van der Waals surface area contributed by atoms with Crippen LogP contribution in [0.1, 0.15) is 16.8 Å². The molecule has 6 heteroatoms. The Balaban J connectivity index is 1.91. The summed E-state index contributed by atoms with van der Waals surface area (Å²) >= 11 is 0. The Bertz CT molecular complexity index is 919. The van der Waals surface area contributed by atoms with Crippen molar-refractivity contribution < 1.29 is 4.74 Å². The summed E-state index contributed by atoms with van der Waals surface area (Å²) in [6.07, 6.45) is 6.74. The van der Waals surface area contributed by atoms with Crippen molar-refractivity contribution in [3.8, 4) is 17.0 Å². The van der Waals surface area contributed by atoms with Gasteiger partial charge in [-0.15, -0.1) is 0 Å². The van der Waals surface area contributed by atoms with Crippen molar-refractivity contribution in [1.29, 1.82) is 0 Å². The van der Waals surface area contributed by atoms with Gasteiger partial charge in [0, 0.05) is 48.7 Å². The number of aromatic nitrogens is 3. The highest BCUT2D eigenvalue weighted by Gasteiger charge is 2.47. The standard InChI is InChI=1S/C18H19N5O/c1-11-9-12(3-6-21-11)15-16-14(4-7-22-15)18(20,17(19)24-16)13-5-8-23(2)10-13/h3-10,17H,19-20H2,1-2H3. The summed E-state index contributed by atoms with van der Waals surface area (Å²) < 4.78 is 7.92. The molecule has 0 saturated heterocycles. The fourth-order valence-electron chi connectivity index (χ4n) is 3.23. The van der Waals surface area contributed by atoms with Crippen LogP contribution in [0.3, 0.4) is 0 Å². The molecule has 4 rings (SSSR count). The zero-order valence-electron chi connectivity index (χ0n) is 13.6. The minimum Gasteiger partial charge on any atom is -0.470 e. The van der Waals surface area contributed by atoms with Gasteiger partial charge in [-0.05, 0) is 36.8 Å². The third-order valence-electron chi connectivity index (χ3n) is 4.52. The first-order chi connectivity index (χ1) is 11.5. The van der Waals surface area contributed by atoms with E-state index in [1.807, 2.05) is 55.2 Å². The van der Waals surface area contributed by atoms with E-state index >= 15 is 0 Å². The molecule has 0 fully saturated rings. The average molecular weight is 321 g/mol. The molecule has 0 radical (unpaired) electrons. The first kappa shape index (κ1) is 14.9. The number of aryl methyl sites for hydroxylation is 2.